The first-order valence-electron chi connectivity index (χ1n) is 11.3. The Kier molecular flexibility index (Phi) is 8.52. The first-order chi connectivity index (χ1) is 15.1. The third-order valence-corrected chi connectivity index (χ3v) is 5.35. The van der Waals surface area contributed by atoms with Crippen molar-refractivity contribution >= 4 is 23.6 Å². The summed E-state index contributed by atoms with van der Waals surface area (Å²) in [5, 5.41) is 6.10. The minimum atomic E-state index is -0.0960. The molecule has 0 unspecified atom stereocenters. The van der Waals surface area contributed by atoms with Crippen molar-refractivity contribution in [3.8, 4) is 0 Å². The molecular formula is C22H34N8O. The molecule has 1 saturated heterocycles. The van der Waals surface area contributed by atoms with Gasteiger partial charge in [-0.25, -0.2) is 4.98 Å². The fourth-order valence-corrected chi connectivity index (χ4v) is 3.34. The minimum absolute atomic E-state index is 0.0960. The van der Waals surface area contributed by atoms with E-state index in [-0.39, 0.29) is 5.91 Å². The highest BCUT2D eigenvalue weighted by atomic mass is 16.1. The Morgan fingerprint density at radius 2 is 1.84 bits per heavy atom. The number of pyridine rings is 1. The molecular weight excluding hydrogens is 392 g/mol. The van der Waals surface area contributed by atoms with Crippen LogP contribution in [0.1, 0.15) is 55.7 Å². The number of likely N-dealkylation sites (N-methyl/N-ethyl adjacent to an activating group) is 1. The maximum absolute atomic E-state index is 12.3. The maximum atomic E-state index is 12.3. The number of hydrogen-bond donors (Lipinski definition) is 2. The Morgan fingerprint density at radius 1 is 1.03 bits per heavy atom. The fourth-order valence-electron chi connectivity index (χ4n) is 3.34. The van der Waals surface area contributed by atoms with E-state index in [1.165, 1.54) is 12.8 Å². The second-order valence-corrected chi connectivity index (χ2v) is 7.89. The maximum Gasteiger partial charge on any atom is 0.252 e. The largest absolute Gasteiger partial charge is 0.352 e. The Balaban J connectivity index is 1.61. The van der Waals surface area contributed by atoms with E-state index in [1.54, 1.807) is 18.3 Å². The van der Waals surface area contributed by atoms with Crippen LogP contribution in [0, 0.1) is 0 Å². The van der Waals surface area contributed by atoms with Crippen molar-refractivity contribution in [2.24, 2.45) is 0 Å². The molecule has 9 heteroatoms. The Hall–Kier alpha value is -2.81. The second-order valence-electron chi connectivity index (χ2n) is 7.89. The van der Waals surface area contributed by atoms with Crippen LogP contribution in [0.15, 0.2) is 18.3 Å². The standard InChI is InChI=1S/C22H34N8O/c1-4-6-7-8-11-23-20(31)17-9-10-19(24-16-17)26-21-25-18(5-2)27-22(28-21)30-14-12-29(3)13-15-30/h9-10,16H,4-8,11-15H2,1-3H3,(H,23,31)(H,24,25,26,27,28). The van der Waals surface area contributed by atoms with E-state index < -0.39 is 0 Å². The van der Waals surface area contributed by atoms with E-state index >= 15 is 0 Å². The quantitative estimate of drug-likeness (QED) is 0.560. The van der Waals surface area contributed by atoms with Crippen molar-refractivity contribution in [2.45, 2.75) is 46.0 Å². The molecule has 0 radical (unpaired) electrons. The SMILES string of the molecule is CCCCCCNC(=O)c1ccc(Nc2nc(CC)nc(N3CCN(C)CC3)n2)nc1. The number of nitrogens with one attached hydrogen (secondary N) is 2. The molecule has 1 aliphatic heterocycles. The van der Waals surface area contributed by atoms with Crippen LogP contribution in [0.25, 0.3) is 0 Å². The van der Waals surface area contributed by atoms with Gasteiger partial charge in [0.15, 0.2) is 0 Å². The van der Waals surface area contributed by atoms with Gasteiger partial charge in [0, 0.05) is 45.3 Å². The summed E-state index contributed by atoms with van der Waals surface area (Å²) in [5.41, 5.74) is 0.545. The molecule has 2 N–H and O–H groups in total. The van der Waals surface area contributed by atoms with Gasteiger partial charge >= 0.3 is 0 Å². The molecule has 1 aliphatic rings. The summed E-state index contributed by atoms with van der Waals surface area (Å²) in [5.74, 6) is 2.41. The molecule has 2 aromatic rings. The molecule has 0 spiro atoms. The highest BCUT2D eigenvalue weighted by Crippen LogP contribution is 2.16. The predicted octanol–water partition coefficient (Wildman–Crippen LogP) is 2.63. The van der Waals surface area contributed by atoms with Crippen molar-refractivity contribution in [1.29, 1.82) is 0 Å². The summed E-state index contributed by atoms with van der Waals surface area (Å²) < 4.78 is 0. The van der Waals surface area contributed by atoms with Gasteiger partial charge < -0.3 is 20.4 Å². The summed E-state index contributed by atoms with van der Waals surface area (Å²) in [6.07, 6.45) is 6.83. The van der Waals surface area contributed by atoms with Crippen molar-refractivity contribution in [1.82, 2.24) is 30.2 Å². The van der Waals surface area contributed by atoms with E-state index in [2.05, 4.69) is 54.3 Å². The van der Waals surface area contributed by atoms with Gasteiger partial charge in [-0.3, -0.25) is 4.79 Å². The van der Waals surface area contributed by atoms with Crippen LogP contribution >= 0.6 is 0 Å². The number of carbonyl (C=O) groups excluding carboxylic acids is 1. The number of amides is 1. The van der Waals surface area contributed by atoms with Gasteiger partial charge in [-0.05, 0) is 25.6 Å². The van der Waals surface area contributed by atoms with E-state index in [0.29, 0.717) is 29.8 Å². The summed E-state index contributed by atoms with van der Waals surface area (Å²) >= 11 is 0. The first kappa shape index (κ1) is 22.9. The Bertz CT molecular complexity index is 834. The van der Waals surface area contributed by atoms with Gasteiger partial charge in [-0.1, -0.05) is 33.1 Å². The third-order valence-electron chi connectivity index (χ3n) is 5.35. The van der Waals surface area contributed by atoms with Crippen LogP contribution in [0.4, 0.5) is 17.7 Å². The summed E-state index contributed by atoms with van der Waals surface area (Å²) in [7, 11) is 2.12. The van der Waals surface area contributed by atoms with Gasteiger partial charge in [0.2, 0.25) is 11.9 Å². The van der Waals surface area contributed by atoms with E-state index in [4.69, 9.17) is 0 Å². The summed E-state index contributed by atoms with van der Waals surface area (Å²) in [4.78, 5) is 34.8. The third kappa shape index (κ3) is 6.85. The zero-order valence-corrected chi connectivity index (χ0v) is 18.9. The number of rotatable bonds is 10. The van der Waals surface area contributed by atoms with Crippen molar-refractivity contribution in [2.75, 3.05) is 50.0 Å². The van der Waals surface area contributed by atoms with Crippen molar-refractivity contribution in [3.05, 3.63) is 29.7 Å². The molecule has 0 aromatic carbocycles. The lowest BCUT2D eigenvalue weighted by molar-refractivity contribution is 0.0952. The zero-order valence-electron chi connectivity index (χ0n) is 18.9. The number of anilines is 3. The van der Waals surface area contributed by atoms with E-state index in [0.717, 1.165) is 51.3 Å². The zero-order chi connectivity index (χ0) is 22.1. The smallest absolute Gasteiger partial charge is 0.252 e. The number of aryl methyl sites for hydroxylation is 1. The lowest BCUT2D eigenvalue weighted by Crippen LogP contribution is -2.45. The van der Waals surface area contributed by atoms with Crippen LogP contribution < -0.4 is 15.5 Å². The molecule has 0 atom stereocenters. The number of piperazine rings is 1. The normalized spacial score (nSPS) is 14.5. The first-order valence-corrected chi connectivity index (χ1v) is 11.3. The molecule has 0 bridgehead atoms. The summed E-state index contributed by atoms with van der Waals surface area (Å²) in [6, 6.07) is 3.54. The molecule has 3 rings (SSSR count). The lowest BCUT2D eigenvalue weighted by atomic mass is 10.2. The number of aromatic nitrogens is 4. The number of unbranched alkanes of at least 4 members (excludes halogenated alkanes) is 3. The van der Waals surface area contributed by atoms with Gasteiger partial charge in [-0.15, -0.1) is 0 Å². The monoisotopic (exact) mass is 426 g/mol. The highest BCUT2D eigenvalue weighted by molar-refractivity contribution is 5.94. The molecule has 168 valence electrons. The minimum Gasteiger partial charge on any atom is -0.352 e. The Labute approximate surface area is 184 Å². The van der Waals surface area contributed by atoms with Gasteiger partial charge in [0.05, 0.1) is 5.56 Å². The van der Waals surface area contributed by atoms with Gasteiger partial charge in [0.25, 0.3) is 5.91 Å². The lowest BCUT2D eigenvalue weighted by Gasteiger charge is -2.32. The summed E-state index contributed by atoms with van der Waals surface area (Å²) in [6.45, 7) is 8.65. The molecule has 2 aromatic heterocycles. The molecule has 9 nitrogen and oxygen atoms in total. The van der Waals surface area contributed by atoms with Crippen LogP contribution in [0.5, 0.6) is 0 Å². The van der Waals surface area contributed by atoms with Crippen LogP contribution in [0.2, 0.25) is 0 Å². The topological polar surface area (TPSA) is 99.2 Å². The molecule has 0 saturated carbocycles. The highest BCUT2D eigenvalue weighted by Gasteiger charge is 2.18. The number of nitrogens with zero attached hydrogens (tertiary/aromatic N) is 6. The molecule has 3 heterocycles. The van der Waals surface area contributed by atoms with Gasteiger partial charge in [0.1, 0.15) is 11.6 Å². The second kappa shape index (κ2) is 11.5. The van der Waals surface area contributed by atoms with E-state index in [1.807, 2.05) is 6.92 Å². The molecule has 1 amide bonds. The molecule has 1 fully saturated rings. The average molecular weight is 427 g/mol. The number of hydrogen-bond acceptors (Lipinski definition) is 8. The van der Waals surface area contributed by atoms with Crippen molar-refractivity contribution < 1.29 is 4.79 Å². The van der Waals surface area contributed by atoms with Gasteiger partial charge in [-0.2, -0.15) is 15.0 Å². The van der Waals surface area contributed by atoms with Crippen molar-refractivity contribution in [3.63, 3.8) is 0 Å². The molecule has 0 aliphatic carbocycles. The Morgan fingerprint density at radius 3 is 2.52 bits per heavy atom. The fraction of sp³-hybridized carbons (Fsp3) is 0.591. The van der Waals surface area contributed by atoms with Crippen LogP contribution in [-0.4, -0.2) is 70.5 Å². The average Bonchev–Trinajstić information content (AvgIpc) is 2.79. The van der Waals surface area contributed by atoms with Crippen LogP contribution in [-0.2, 0) is 6.42 Å². The van der Waals surface area contributed by atoms with Crippen LogP contribution in [0.3, 0.4) is 0 Å². The van der Waals surface area contributed by atoms with E-state index in [9.17, 15) is 4.79 Å². The predicted molar refractivity (Wildman–Crippen MR) is 123 cm³/mol. The number of carbonyl (C=O) groups is 1. The molecule has 31 heavy (non-hydrogen) atoms.